The lowest BCUT2D eigenvalue weighted by atomic mass is 10.2. The molecule has 0 saturated heterocycles. The number of halogens is 5. The zero-order chi connectivity index (χ0) is 18.1. The van der Waals surface area contributed by atoms with Crippen molar-refractivity contribution in [1.29, 1.82) is 0 Å². The van der Waals surface area contributed by atoms with E-state index in [9.17, 15) is 26.7 Å². The van der Waals surface area contributed by atoms with Crippen LogP contribution in [0.5, 0.6) is 5.88 Å². The van der Waals surface area contributed by atoms with Crippen LogP contribution in [0.4, 0.5) is 22.0 Å². The molecule has 0 atom stereocenters. The number of alkyl halides is 4. The monoisotopic (exact) mass is 349 g/mol. The summed E-state index contributed by atoms with van der Waals surface area (Å²) in [6, 6.07) is 3.15. The van der Waals surface area contributed by atoms with E-state index in [0.717, 1.165) is 0 Å². The van der Waals surface area contributed by atoms with Crippen molar-refractivity contribution in [1.82, 2.24) is 14.5 Å². The van der Waals surface area contributed by atoms with E-state index in [4.69, 9.17) is 4.74 Å². The van der Waals surface area contributed by atoms with Gasteiger partial charge in [0.2, 0.25) is 11.7 Å². The largest absolute Gasteiger partial charge is 0.481 e. The molecule has 0 N–H and O–H groups in total. The second-order valence-corrected chi connectivity index (χ2v) is 4.88. The molecule has 0 bridgehead atoms. The van der Waals surface area contributed by atoms with Gasteiger partial charge in [0.25, 0.3) is 5.56 Å². The molecule has 0 saturated carbocycles. The summed E-state index contributed by atoms with van der Waals surface area (Å²) in [6.45, 7) is 1.42. The highest BCUT2D eigenvalue weighted by molar-refractivity contribution is 5.28. The summed E-state index contributed by atoms with van der Waals surface area (Å²) >= 11 is 0. The smallest absolute Gasteiger partial charge is 0.352 e. The van der Waals surface area contributed by atoms with Crippen LogP contribution in [0.2, 0.25) is 0 Å². The molecule has 2 heterocycles. The Morgan fingerprint density at radius 1 is 1.33 bits per heavy atom. The van der Waals surface area contributed by atoms with Gasteiger partial charge in [-0.15, -0.1) is 0 Å². The predicted molar refractivity (Wildman–Crippen MR) is 73.0 cm³/mol. The molecular formula is C14H12F5N3O2. The van der Waals surface area contributed by atoms with Gasteiger partial charge in [-0.2, -0.15) is 13.2 Å². The van der Waals surface area contributed by atoms with Crippen molar-refractivity contribution in [2.45, 2.75) is 25.8 Å². The molecule has 0 radical (unpaired) electrons. The fourth-order valence-corrected chi connectivity index (χ4v) is 1.95. The zero-order valence-corrected chi connectivity index (χ0v) is 12.6. The molecule has 130 valence electrons. The summed E-state index contributed by atoms with van der Waals surface area (Å²) in [4.78, 5) is 18.9. The summed E-state index contributed by atoms with van der Waals surface area (Å²) in [5, 5.41) is 0. The van der Waals surface area contributed by atoms with Crippen molar-refractivity contribution in [3.8, 4) is 5.88 Å². The van der Waals surface area contributed by atoms with Crippen molar-refractivity contribution >= 4 is 0 Å². The molecule has 0 aliphatic heterocycles. The van der Waals surface area contributed by atoms with Crippen LogP contribution >= 0.6 is 0 Å². The number of aryl methyl sites for hydroxylation is 1. The third kappa shape index (κ3) is 3.22. The van der Waals surface area contributed by atoms with Crippen molar-refractivity contribution in [2.24, 2.45) is 0 Å². The van der Waals surface area contributed by atoms with E-state index in [0.29, 0.717) is 22.2 Å². The molecule has 0 unspecified atom stereocenters. The molecular weight excluding hydrogens is 337 g/mol. The molecule has 2 rings (SSSR count). The predicted octanol–water partition coefficient (Wildman–Crippen LogP) is 2.50. The van der Waals surface area contributed by atoms with Crippen LogP contribution < -0.4 is 10.3 Å². The first kappa shape index (κ1) is 17.8. The second kappa shape index (κ2) is 6.54. The molecule has 2 aromatic rings. The maximum Gasteiger partial charge on any atom is 0.352 e. The quantitative estimate of drug-likeness (QED) is 0.779. The van der Waals surface area contributed by atoms with Gasteiger partial charge in [-0.25, -0.2) is 18.7 Å². The van der Waals surface area contributed by atoms with Gasteiger partial charge in [0.15, 0.2) is 5.69 Å². The summed E-state index contributed by atoms with van der Waals surface area (Å²) in [7, 11) is 1.33. The van der Waals surface area contributed by atoms with Crippen molar-refractivity contribution in [3.63, 3.8) is 0 Å². The third-order valence-electron chi connectivity index (χ3n) is 3.18. The van der Waals surface area contributed by atoms with E-state index in [1.54, 1.807) is 19.1 Å². The standard InChI is InChI=1S/C14H12F5N3O2/c1-7-3-4-8(11(21-7)24-2)5-22-6-20-10(9(15)12(22)23)14(18,19)13(16)17/h3-4,6,13H,5H2,1-2H3. The van der Waals surface area contributed by atoms with Crippen molar-refractivity contribution in [3.05, 3.63) is 51.6 Å². The van der Waals surface area contributed by atoms with Gasteiger partial charge in [-0.1, -0.05) is 6.07 Å². The number of nitrogens with zero attached hydrogens (tertiary/aromatic N) is 3. The van der Waals surface area contributed by atoms with Gasteiger partial charge in [-0.05, 0) is 13.0 Å². The lowest BCUT2D eigenvalue weighted by Crippen LogP contribution is -2.33. The third-order valence-corrected chi connectivity index (χ3v) is 3.18. The Labute approximate surface area is 132 Å². The Balaban J connectivity index is 2.45. The molecule has 10 heteroatoms. The Hall–Kier alpha value is -2.52. The summed E-state index contributed by atoms with van der Waals surface area (Å²) in [5.41, 5.74) is -2.39. The van der Waals surface area contributed by atoms with Crippen molar-refractivity contribution in [2.75, 3.05) is 7.11 Å². The SMILES string of the molecule is COc1nc(C)ccc1Cn1cnc(C(F)(F)C(F)F)c(F)c1=O. The minimum absolute atomic E-state index is 0.157. The number of aromatic nitrogens is 3. The van der Waals surface area contributed by atoms with Crippen LogP contribution in [0.25, 0.3) is 0 Å². The van der Waals surface area contributed by atoms with Crippen LogP contribution in [-0.4, -0.2) is 28.1 Å². The van der Waals surface area contributed by atoms with Crippen LogP contribution in [0.3, 0.4) is 0 Å². The first-order valence-electron chi connectivity index (χ1n) is 6.60. The van der Waals surface area contributed by atoms with E-state index in [1.807, 2.05) is 0 Å². The topological polar surface area (TPSA) is 57.0 Å². The summed E-state index contributed by atoms with van der Waals surface area (Å²) in [5.74, 6) is -6.73. The summed E-state index contributed by atoms with van der Waals surface area (Å²) < 4.78 is 70.5. The van der Waals surface area contributed by atoms with Gasteiger partial charge in [0.1, 0.15) is 0 Å². The van der Waals surface area contributed by atoms with E-state index >= 15 is 0 Å². The molecule has 0 aromatic carbocycles. The lowest BCUT2D eigenvalue weighted by molar-refractivity contribution is -0.140. The first-order valence-corrected chi connectivity index (χ1v) is 6.60. The highest BCUT2D eigenvalue weighted by Gasteiger charge is 2.47. The second-order valence-electron chi connectivity index (χ2n) is 4.88. The molecule has 5 nitrogen and oxygen atoms in total. The Bertz CT molecular complexity index is 807. The fourth-order valence-electron chi connectivity index (χ4n) is 1.95. The van der Waals surface area contributed by atoms with E-state index in [2.05, 4.69) is 9.97 Å². The van der Waals surface area contributed by atoms with Gasteiger partial charge < -0.3 is 4.74 Å². The highest BCUT2D eigenvalue weighted by atomic mass is 19.3. The Kier molecular flexibility index (Phi) is 4.86. The van der Waals surface area contributed by atoms with Gasteiger partial charge in [-0.3, -0.25) is 9.36 Å². The number of hydrogen-bond acceptors (Lipinski definition) is 4. The first-order chi connectivity index (χ1) is 11.2. The average Bonchev–Trinajstić information content (AvgIpc) is 2.52. The number of hydrogen-bond donors (Lipinski definition) is 0. The van der Waals surface area contributed by atoms with Crippen LogP contribution in [-0.2, 0) is 12.5 Å². The van der Waals surface area contributed by atoms with Crippen LogP contribution in [0, 0.1) is 12.7 Å². The number of methoxy groups -OCH3 is 1. The van der Waals surface area contributed by atoms with Crippen LogP contribution in [0.15, 0.2) is 23.3 Å². The van der Waals surface area contributed by atoms with E-state index in [1.165, 1.54) is 7.11 Å². The van der Waals surface area contributed by atoms with Crippen LogP contribution in [0.1, 0.15) is 17.0 Å². The highest BCUT2D eigenvalue weighted by Crippen LogP contribution is 2.33. The van der Waals surface area contributed by atoms with Gasteiger partial charge >= 0.3 is 12.3 Å². The number of rotatable bonds is 5. The molecule has 0 spiro atoms. The number of pyridine rings is 1. The van der Waals surface area contributed by atoms with Gasteiger partial charge in [0, 0.05) is 11.3 Å². The average molecular weight is 349 g/mol. The minimum Gasteiger partial charge on any atom is -0.481 e. The minimum atomic E-state index is -4.86. The normalized spacial score (nSPS) is 11.8. The fraction of sp³-hybridized carbons (Fsp3) is 0.357. The molecule has 0 aliphatic rings. The zero-order valence-electron chi connectivity index (χ0n) is 12.6. The Morgan fingerprint density at radius 2 is 2.00 bits per heavy atom. The number of ether oxygens (including phenoxy) is 1. The molecule has 0 fully saturated rings. The molecule has 24 heavy (non-hydrogen) atoms. The molecule has 0 aliphatic carbocycles. The van der Waals surface area contributed by atoms with Crippen molar-refractivity contribution < 1.29 is 26.7 Å². The molecule has 0 amide bonds. The maximum absolute atomic E-state index is 13.8. The van der Waals surface area contributed by atoms with E-state index < -0.39 is 29.4 Å². The lowest BCUT2D eigenvalue weighted by Gasteiger charge is -2.16. The van der Waals surface area contributed by atoms with Gasteiger partial charge in [0.05, 0.1) is 20.0 Å². The van der Waals surface area contributed by atoms with E-state index in [-0.39, 0.29) is 12.4 Å². The summed E-state index contributed by atoms with van der Waals surface area (Å²) in [6.07, 6.45) is -3.60. The Morgan fingerprint density at radius 3 is 2.58 bits per heavy atom. The molecule has 2 aromatic heterocycles. The maximum atomic E-state index is 13.8.